The zero-order valence-corrected chi connectivity index (χ0v) is 16.1. The summed E-state index contributed by atoms with van der Waals surface area (Å²) in [6.45, 7) is 3.17. The van der Waals surface area contributed by atoms with E-state index in [-0.39, 0.29) is 5.92 Å². The smallest absolute Gasteiger partial charge is 0.328 e. The second-order valence-electron chi connectivity index (χ2n) is 6.79. The van der Waals surface area contributed by atoms with Crippen molar-refractivity contribution in [1.29, 1.82) is 0 Å². The van der Waals surface area contributed by atoms with E-state index >= 15 is 0 Å². The highest BCUT2D eigenvalue weighted by Gasteiger charge is 2.31. The quantitative estimate of drug-likeness (QED) is 0.160. The Morgan fingerprint density at radius 3 is 1.64 bits per heavy atom. The Labute approximate surface area is 162 Å². The Morgan fingerprint density at radius 1 is 0.857 bits per heavy atom. The molecule has 162 valence electrons. The first-order valence-electron chi connectivity index (χ1n) is 8.73. The van der Waals surface area contributed by atoms with Crippen LogP contribution in [0.4, 0.5) is 0 Å². The number of carbonyl (C=O) groups is 4. The maximum absolute atomic E-state index is 12.2. The van der Waals surface area contributed by atoms with Crippen LogP contribution in [0.5, 0.6) is 0 Å². The maximum Gasteiger partial charge on any atom is 0.328 e. The molecule has 5 atom stereocenters. The highest BCUT2D eigenvalue weighted by atomic mass is 16.4. The third kappa shape index (κ3) is 8.61. The predicted molar refractivity (Wildman–Crippen MR) is 96.7 cm³/mol. The predicted octanol–water partition coefficient (Wildman–Crippen LogP) is -3.74. The monoisotopic (exact) mass is 406 g/mol. The van der Waals surface area contributed by atoms with Gasteiger partial charge in [-0.1, -0.05) is 13.8 Å². The lowest BCUT2D eigenvalue weighted by molar-refractivity contribution is -0.145. The number of aliphatic hydroxyl groups is 3. The zero-order valence-electron chi connectivity index (χ0n) is 16.1. The van der Waals surface area contributed by atoms with Gasteiger partial charge < -0.3 is 42.1 Å². The summed E-state index contributed by atoms with van der Waals surface area (Å²) in [7, 11) is 0. The van der Waals surface area contributed by atoms with E-state index in [1.54, 1.807) is 0 Å². The summed E-state index contributed by atoms with van der Waals surface area (Å²) >= 11 is 0. The van der Waals surface area contributed by atoms with Gasteiger partial charge >= 0.3 is 5.97 Å². The van der Waals surface area contributed by atoms with Crippen LogP contribution in [0.2, 0.25) is 0 Å². The van der Waals surface area contributed by atoms with Crippen molar-refractivity contribution in [2.75, 3.05) is 13.2 Å². The summed E-state index contributed by atoms with van der Waals surface area (Å²) in [5.41, 5.74) is 5.70. The molecule has 0 spiro atoms. The van der Waals surface area contributed by atoms with Crippen LogP contribution in [0.1, 0.15) is 27.2 Å². The summed E-state index contributed by atoms with van der Waals surface area (Å²) in [5.74, 6) is -4.10. The molecule has 0 rings (SSSR count). The van der Waals surface area contributed by atoms with Crippen molar-refractivity contribution in [1.82, 2.24) is 16.0 Å². The number of hydrogen-bond donors (Lipinski definition) is 8. The van der Waals surface area contributed by atoms with E-state index in [0.717, 1.165) is 6.92 Å². The molecular formula is C16H30N4O8. The van der Waals surface area contributed by atoms with Crippen molar-refractivity contribution in [3.05, 3.63) is 0 Å². The average Bonchev–Trinajstić information content (AvgIpc) is 2.59. The molecule has 0 fully saturated rings. The molecule has 0 saturated carbocycles. The summed E-state index contributed by atoms with van der Waals surface area (Å²) in [6, 6.07) is -5.55. The van der Waals surface area contributed by atoms with Crippen molar-refractivity contribution >= 4 is 23.7 Å². The number of nitrogens with one attached hydrogen (secondary N) is 3. The summed E-state index contributed by atoms with van der Waals surface area (Å²) < 4.78 is 0. The SMILES string of the molecule is CC(C)CC(N)C(=O)NC(CO)C(=O)NC(CO)C(=O)NC(C(=O)O)C(C)O. The number of aliphatic carboxylic acids is 1. The Morgan fingerprint density at radius 2 is 1.29 bits per heavy atom. The minimum atomic E-state index is -1.65. The number of nitrogens with two attached hydrogens (primary N) is 1. The van der Waals surface area contributed by atoms with Gasteiger partial charge in [-0.3, -0.25) is 14.4 Å². The first kappa shape index (κ1) is 25.7. The Balaban J connectivity index is 4.97. The van der Waals surface area contributed by atoms with Crippen LogP contribution in [0.15, 0.2) is 0 Å². The highest BCUT2D eigenvalue weighted by molar-refractivity contribution is 5.94. The van der Waals surface area contributed by atoms with Gasteiger partial charge in [0.15, 0.2) is 6.04 Å². The molecule has 28 heavy (non-hydrogen) atoms. The van der Waals surface area contributed by atoms with Crippen molar-refractivity contribution in [3.8, 4) is 0 Å². The molecule has 0 bridgehead atoms. The second kappa shape index (κ2) is 12.2. The van der Waals surface area contributed by atoms with E-state index in [4.69, 9.17) is 10.8 Å². The number of hydrogen-bond acceptors (Lipinski definition) is 8. The van der Waals surface area contributed by atoms with Crippen LogP contribution in [-0.4, -0.2) is 87.6 Å². The molecular weight excluding hydrogens is 376 g/mol. The highest BCUT2D eigenvalue weighted by Crippen LogP contribution is 2.03. The second-order valence-corrected chi connectivity index (χ2v) is 6.79. The van der Waals surface area contributed by atoms with Gasteiger partial charge in [0.05, 0.1) is 25.4 Å². The van der Waals surface area contributed by atoms with Gasteiger partial charge in [-0.05, 0) is 19.3 Å². The zero-order chi connectivity index (χ0) is 22.0. The molecule has 0 radical (unpaired) electrons. The largest absolute Gasteiger partial charge is 0.480 e. The van der Waals surface area contributed by atoms with Crippen molar-refractivity contribution in [2.24, 2.45) is 11.7 Å². The fourth-order valence-electron chi connectivity index (χ4n) is 2.20. The van der Waals surface area contributed by atoms with E-state index in [1.165, 1.54) is 0 Å². The molecule has 5 unspecified atom stereocenters. The summed E-state index contributed by atoms with van der Waals surface area (Å²) in [5, 5.41) is 43.3. The van der Waals surface area contributed by atoms with E-state index in [1.807, 2.05) is 19.2 Å². The minimum Gasteiger partial charge on any atom is -0.480 e. The van der Waals surface area contributed by atoms with Gasteiger partial charge in [0.2, 0.25) is 17.7 Å². The minimum absolute atomic E-state index is 0.126. The molecule has 0 aromatic rings. The topological polar surface area (TPSA) is 211 Å². The van der Waals surface area contributed by atoms with E-state index in [0.29, 0.717) is 6.42 Å². The molecule has 3 amide bonds. The fraction of sp³-hybridized carbons (Fsp3) is 0.750. The van der Waals surface area contributed by atoms with Gasteiger partial charge in [-0.2, -0.15) is 0 Å². The molecule has 0 aromatic carbocycles. The Bertz CT molecular complexity index is 555. The molecule has 0 aliphatic carbocycles. The van der Waals surface area contributed by atoms with E-state index < -0.39 is 67.2 Å². The van der Waals surface area contributed by atoms with Crippen LogP contribution >= 0.6 is 0 Å². The molecule has 0 heterocycles. The van der Waals surface area contributed by atoms with Gasteiger partial charge in [-0.25, -0.2) is 4.79 Å². The van der Waals surface area contributed by atoms with Crippen LogP contribution < -0.4 is 21.7 Å². The fourth-order valence-corrected chi connectivity index (χ4v) is 2.20. The van der Waals surface area contributed by atoms with E-state index in [9.17, 15) is 34.5 Å². The van der Waals surface area contributed by atoms with Crippen LogP contribution in [0.3, 0.4) is 0 Å². The lowest BCUT2D eigenvalue weighted by Gasteiger charge is -2.24. The number of carbonyl (C=O) groups excluding carboxylic acids is 3. The molecule has 12 nitrogen and oxygen atoms in total. The normalized spacial score (nSPS) is 16.4. The average molecular weight is 406 g/mol. The van der Waals surface area contributed by atoms with Crippen LogP contribution in [0, 0.1) is 5.92 Å². The Kier molecular flexibility index (Phi) is 11.2. The number of rotatable bonds is 12. The lowest BCUT2D eigenvalue weighted by atomic mass is 10.0. The number of carboxylic acid groups (broad SMARTS) is 1. The van der Waals surface area contributed by atoms with Crippen molar-refractivity contribution in [2.45, 2.75) is 57.5 Å². The third-order valence-corrected chi connectivity index (χ3v) is 3.74. The Hall–Kier alpha value is -2.28. The lowest BCUT2D eigenvalue weighted by Crippen LogP contribution is -2.60. The number of carboxylic acids is 1. The molecule has 9 N–H and O–H groups in total. The van der Waals surface area contributed by atoms with Crippen molar-refractivity contribution < 1.29 is 39.6 Å². The number of amides is 3. The van der Waals surface area contributed by atoms with Gasteiger partial charge in [0.25, 0.3) is 0 Å². The third-order valence-electron chi connectivity index (χ3n) is 3.74. The maximum atomic E-state index is 12.2. The van der Waals surface area contributed by atoms with Gasteiger partial charge in [-0.15, -0.1) is 0 Å². The molecule has 0 aliphatic heterocycles. The molecule has 0 saturated heterocycles. The first-order chi connectivity index (χ1) is 12.9. The van der Waals surface area contributed by atoms with Gasteiger partial charge in [0.1, 0.15) is 12.1 Å². The van der Waals surface area contributed by atoms with Gasteiger partial charge in [0, 0.05) is 0 Å². The van der Waals surface area contributed by atoms with Crippen LogP contribution in [-0.2, 0) is 19.2 Å². The molecule has 0 aliphatic rings. The van der Waals surface area contributed by atoms with E-state index in [2.05, 4.69) is 10.6 Å². The standard InChI is InChI=1S/C16H30N4O8/c1-7(2)4-9(17)13(24)18-10(5-21)14(25)19-11(6-22)15(26)20-12(8(3)23)16(27)28/h7-12,21-23H,4-6,17H2,1-3H3,(H,18,24)(H,19,25)(H,20,26)(H,27,28). The van der Waals surface area contributed by atoms with Crippen molar-refractivity contribution in [3.63, 3.8) is 0 Å². The number of aliphatic hydroxyl groups excluding tert-OH is 3. The summed E-state index contributed by atoms with van der Waals surface area (Å²) in [4.78, 5) is 47.3. The molecule has 0 aromatic heterocycles. The summed E-state index contributed by atoms with van der Waals surface area (Å²) in [6.07, 6.45) is -1.08. The first-order valence-corrected chi connectivity index (χ1v) is 8.73. The molecule has 12 heteroatoms. The van der Waals surface area contributed by atoms with Crippen LogP contribution in [0.25, 0.3) is 0 Å².